The van der Waals surface area contributed by atoms with Gasteiger partial charge in [-0.05, 0) is 60.7 Å². The summed E-state index contributed by atoms with van der Waals surface area (Å²) in [6, 6.07) is 23.0. The quantitative estimate of drug-likeness (QED) is 0.511. The molecule has 1 aliphatic heterocycles. The van der Waals surface area contributed by atoms with Gasteiger partial charge < -0.3 is 10.0 Å². The molecule has 0 saturated carbocycles. The lowest BCUT2D eigenvalue weighted by molar-refractivity contribution is 0.126. The van der Waals surface area contributed by atoms with Crippen molar-refractivity contribution in [3.8, 4) is 0 Å². The molecule has 1 heterocycles. The molecule has 0 atom stereocenters. The minimum absolute atomic E-state index is 0.645. The van der Waals surface area contributed by atoms with Crippen LogP contribution in [0.15, 0.2) is 72.8 Å². The summed E-state index contributed by atoms with van der Waals surface area (Å²) in [5.74, 6) is 0. The van der Waals surface area contributed by atoms with Crippen molar-refractivity contribution in [2.24, 2.45) is 0 Å². The molecule has 3 aromatic rings. The van der Waals surface area contributed by atoms with Crippen molar-refractivity contribution in [3.05, 3.63) is 99.5 Å². The van der Waals surface area contributed by atoms with Gasteiger partial charge in [0, 0.05) is 34.4 Å². The molecule has 1 N–H and O–H groups in total. The minimum Gasteiger partial charge on any atom is -0.376 e. The molecule has 0 spiro atoms. The number of benzene rings is 3. The van der Waals surface area contributed by atoms with Gasteiger partial charge in [0.2, 0.25) is 0 Å². The summed E-state index contributed by atoms with van der Waals surface area (Å²) < 4.78 is 0. The fraction of sp³-hybridized carbons (Fsp3) is 0.250. The maximum absolute atomic E-state index is 12.2. The highest BCUT2D eigenvalue weighted by Crippen LogP contribution is 2.42. The first-order valence-corrected chi connectivity index (χ1v) is 10.4. The van der Waals surface area contributed by atoms with Crippen LogP contribution in [0.5, 0.6) is 0 Å². The summed E-state index contributed by atoms with van der Waals surface area (Å²) in [7, 11) is 0. The van der Waals surface area contributed by atoms with E-state index in [2.05, 4.69) is 11.0 Å². The van der Waals surface area contributed by atoms with E-state index in [9.17, 15) is 5.11 Å². The molecule has 0 radical (unpaired) electrons. The number of halogens is 2. The van der Waals surface area contributed by atoms with Gasteiger partial charge in [-0.3, -0.25) is 0 Å². The Balaban J connectivity index is 1.91. The maximum atomic E-state index is 12.2. The van der Waals surface area contributed by atoms with Gasteiger partial charge in [-0.1, -0.05) is 65.7 Å². The molecule has 28 heavy (non-hydrogen) atoms. The summed E-state index contributed by atoms with van der Waals surface area (Å²) in [5, 5.41) is 13.5. The second-order valence-electron chi connectivity index (χ2n) is 7.29. The zero-order chi connectivity index (χ0) is 19.6. The lowest BCUT2D eigenvalue weighted by Crippen LogP contribution is -2.35. The third kappa shape index (κ3) is 3.65. The van der Waals surface area contributed by atoms with E-state index in [1.807, 2.05) is 66.7 Å². The number of aliphatic hydroxyl groups is 1. The van der Waals surface area contributed by atoms with Crippen LogP contribution in [-0.4, -0.2) is 18.2 Å². The van der Waals surface area contributed by atoms with Crippen molar-refractivity contribution in [3.63, 3.8) is 0 Å². The van der Waals surface area contributed by atoms with Crippen LogP contribution in [0.4, 0.5) is 5.69 Å². The Morgan fingerprint density at radius 1 is 0.679 bits per heavy atom. The Hall–Kier alpha value is -2.00. The Morgan fingerprint density at radius 2 is 1.18 bits per heavy atom. The van der Waals surface area contributed by atoms with E-state index in [-0.39, 0.29) is 0 Å². The molecule has 1 fully saturated rings. The number of nitrogens with zero attached hydrogens (tertiary/aromatic N) is 1. The molecule has 144 valence electrons. The molecule has 4 rings (SSSR count). The summed E-state index contributed by atoms with van der Waals surface area (Å²) >= 11 is 12.2. The van der Waals surface area contributed by atoms with Crippen LogP contribution in [0, 0.1) is 0 Å². The summed E-state index contributed by atoms with van der Waals surface area (Å²) in [4.78, 5) is 2.38. The van der Waals surface area contributed by atoms with Crippen molar-refractivity contribution in [2.45, 2.75) is 24.9 Å². The van der Waals surface area contributed by atoms with E-state index in [1.165, 1.54) is 19.3 Å². The number of piperidine rings is 1. The summed E-state index contributed by atoms with van der Waals surface area (Å²) in [6.07, 6.45) is 3.61. The number of rotatable bonds is 4. The summed E-state index contributed by atoms with van der Waals surface area (Å²) in [6.45, 7) is 2.02. The zero-order valence-corrected chi connectivity index (χ0v) is 17.1. The highest BCUT2D eigenvalue weighted by Gasteiger charge is 2.37. The summed E-state index contributed by atoms with van der Waals surface area (Å²) in [5.41, 5.74) is 2.21. The molecular weight excluding hydrogens is 389 g/mol. The van der Waals surface area contributed by atoms with Crippen molar-refractivity contribution in [1.29, 1.82) is 0 Å². The smallest absolute Gasteiger partial charge is 0.142 e. The van der Waals surface area contributed by atoms with Gasteiger partial charge in [-0.2, -0.15) is 0 Å². The monoisotopic (exact) mass is 411 g/mol. The van der Waals surface area contributed by atoms with E-state index in [0.717, 1.165) is 35.5 Å². The molecule has 1 aliphatic rings. The first-order valence-electron chi connectivity index (χ1n) is 9.68. The van der Waals surface area contributed by atoms with Gasteiger partial charge in [-0.25, -0.2) is 0 Å². The van der Waals surface area contributed by atoms with E-state index >= 15 is 0 Å². The highest BCUT2D eigenvalue weighted by atomic mass is 35.5. The molecule has 2 nitrogen and oxygen atoms in total. The first-order chi connectivity index (χ1) is 13.6. The molecular formula is C24H23Cl2NO. The van der Waals surface area contributed by atoms with Crippen LogP contribution in [0.1, 0.15) is 36.0 Å². The lowest BCUT2D eigenvalue weighted by atomic mass is 9.79. The van der Waals surface area contributed by atoms with Gasteiger partial charge >= 0.3 is 0 Å². The van der Waals surface area contributed by atoms with Crippen LogP contribution in [0.3, 0.4) is 0 Å². The van der Waals surface area contributed by atoms with Gasteiger partial charge in [0.1, 0.15) is 5.60 Å². The fourth-order valence-corrected chi connectivity index (χ4v) is 4.30. The van der Waals surface area contributed by atoms with Crippen LogP contribution >= 0.6 is 23.2 Å². The zero-order valence-electron chi connectivity index (χ0n) is 15.6. The van der Waals surface area contributed by atoms with E-state index in [0.29, 0.717) is 10.0 Å². The number of hydrogen-bond acceptors (Lipinski definition) is 2. The third-order valence-corrected chi connectivity index (χ3v) is 6.02. The molecule has 0 bridgehead atoms. The molecule has 1 saturated heterocycles. The second-order valence-corrected chi connectivity index (χ2v) is 8.16. The number of anilines is 1. The average molecular weight is 412 g/mol. The fourth-order valence-electron chi connectivity index (χ4n) is 4.05. The van der Waals surface area contributed by atoms with Crippen LogP contribution in [0.2, 0.25) is 10.0 Å². The Kier molecular flexibility index (Phi) is 5.63. The first kappa shape index (κ1) is 19.3. The maximum Gasteiger partial charge on any atom is 0.142 e. The predicted molar refractivity (Wildman–Crippen MR) is 118 cm³/mol. The minimum atomic E-state index is -1.30. The van der Waals surface area contributed by atoms with E-state index in [1.54, 1.807) is 0 Å². The Bertz CT molecular complexity index is 886. The van der Waals surface area contributed by atoms with E-state index < -0.39 is 5.60 Å². The molecule has 0 unspecified atom stereocenters. The van der Waals surface area contributed by atoms with Gasteiger partial charge in [0.25, 0.3) is 0 Å². The molecule has 4 heteroatoms. The normalized spacial score (nSPS) is 14.9. The molecule has 0 amide bonds. The number of para-hydroxylation sites is 1. The van der Waals surface area contributed by atoms with Crippen molar-refractivity contribution in [2.75, 3.05) is 18.0 Å². The Labute approximate surface area is 176 Å². The average Bonchev–Trinajstić information content (AvgIpc) is 2.75. The van der Waals surface area contributed by atoms with Gasteiger partial charge in [-0.15, -0.1) is 0 Å². The Morgan fingerprint density at radius 3 is 1.71 bits per heavy atom. The number of hydrogen-bond donors (Lipinski definition) is 1. The standard InChI is InChI=1S/C24H23Cl2NO/c25-20-12-8-18(9-13-20)24(28,19-10-14-21(26)15-11-19)22-6-2-3-7-23(22)27-16-4-1-5-17-27/h2-3,6-15,28H,1,4-5,16-17H2. The third-order valence-electron chi connectivity index (χ3n) is 5.51. The molecule has 3 aromatic carbocycles. The molecule has 0 aliphatic carbocycles. The SMILES string of the molecule is OC(c1ccc(Cl)cc1)(c1ccc(Cl)cc1)c1ccccc1N1CCCCC1. The van der Waals surface area contributed by atoms with Crippen molar-refractivity contribution >= 4 is 28.9 Å². The van der Waals surface area contributed by atoms with Crippen LogP contribution < -0.4 is 4.90 Å². The van der Waals surface area contributed by atoms with Gasteiger partial charge in [0.05, 0.1) is 0 Å². The second kappa shape index (κ2) is 8.16. The van der Waals surface area contributed by atoms with Crippen molar-refractivity contribution in [1.82, 2.24) is 0 Å². The largest absolute Gasteiger partial charge is 0.376 e. The van der Waals surface area contributed by atoms with Crippen molar-refractivity contribution < 1.29 is 5.11 Å². The van der Waals surface area contributed by atoms with Crippen LogP contribution in [-0.2, 0) is 5.60 Å². The lowest BCUT2D eigenvalue weighted by Gasteiger charge is -2.37. The molecule has 0 aromatic heterocycles. The topological polar surface area (TPSA) is 23.5 Å². The van der Waals surface area contributed by atoms with E-state index in [4.69, 9.17) is 23.2 Å². The highest BCUT2D eigenvalue weighted by molar-refractivity contribution is 6.30. The predicted octanol–water partition coefficient (Wildman–Crippen LogP) is 6.27. The van der Waals surface area contributed by atoms with Crippen LogP contribution in [0.25, 0.3) is 0 Å². The van der Waals surface area contributed by atoms with Gasteiger partial charge in [0.15, 0.2) is 0 Å².